The lowest BCUT2D eigenvalue weighted by molar-refractivity contribution is -0.112. The zero-order valence-electron chi connectivity index (χ0n) is 14.1. The summed E-state index contributed by atoms with van der Waals surface area (Å²) in [6, 6.07) is 0. The van der Waals surface area contributed by atoms with E-state index in [9.17, 15) is 4.79 Å². The highest BCUT2D eigenvalue weighted by molar-refractivity contribution is 5.88. The molecule has 1 nitrogen and oxygen atoms in total. The Hall–Kier alpha value is -1.63. The zero-order valence-corrected chi connectivity index (χ0v) is 14.1. The first kappa shape index (κ1) is 17.4. The first-order chi connectivity index (χ1) is 9.90. The molecule has 1 unspecified atom stereocenters. The van der Waals surface area contributed by atoms with Crippen LogP contribution in [0.15, 0.2) is 58.7 Å². The van der Waals surface area contributed by atoms with Crippen LogP contribution in [0.4, 0.5) is 0 Å². The Balaban J connectivity index is 2.70. The highest BCUT2D eigenvalue weighted by Crippen LogP contribution is 2.30. The lowest BCUT2D eigenvalue weighted by atomic mass is 9.84. The highest BCUT2D eigenvalue weighted by atomic mass is 16.1. The van der Waals surface area contributed by atoms with Crippen LogP contribution in [0.3, 0.4) is 0 Å². The van der Waals surface area contributed by atoms with Gasteiger partial charge in [0.05, 0.1) is 0 Å². The molecule has 0 N–H and O–H groups in total. The quantitative estimate of drug-likeness (QED) is 0.466. The molecule has 0 amide bonds. The summed E-state index contributed by atoms with van der Waals surface area (Å²) < 4.78 is 0. The van der Waals surface area contributed by atoms with Gasteiger partial charge in [-0.1, -0.05) is 48.5 Å². The molecule has 0 aliphatic heterocycles. The number of ketones is 1. The maximum absolute atomic E-state index is 10.9. The van der Waals surface area contributed by atoms with Crippen molar-refractivity contribution in [1.82, 2.24) is 0 Å². The topological polar surface area (TPSA) is 17.1 Å². The van der Waals surface area contributed by atoms with Crippen LogP contribution in [-0.2, 0) is 4.79 Å². The SMILES string of the molecule is CC(=O)/C=C(C)/C=C/C=C(C)/C=C/C1=C(C)CCCC1C. The summed E-state index contributed by atoms with van der Waals surface area (Å²) in [7, 11) is 0. The van der Waals surface area contributed by atoms with Crippen LogP contribution in [0, 0.1) is 5.92 Å². The van der Waals surface area contributed by atoms with E-state index in [-0.39, 0.29) is 5.78 Å². The van der Waals surface area contributed by atoms with Gasteiger partial charge in [0.1, 0.15) is 0 Å². The van der Waals surface area contributed by atoms with E-state index >= 15 is 0 Å². The summed E-state index contributed by atoms with van der Waals surface area (Å²) in [5, 5.41) is 0. The van der Waals surface area contributed by atoms with Crippen LogP contribution < -0.4 is 0 Å². The number of hydrogen-bond acceptors (Lipinski definition) is 1. The third-order valence-corrected chi connectivity index (χ3v) is 3.89. The van der Waals surface area contributed by atoms with Crippen molar-refractivity contribution in [3.05, 3.63) is 58.7 Å². The van der Waals surface area contributed by atoms with E-state index in [1.165, 1.54) is 36.0 Å². The largest absolute Gasteiger partial charge is 0.295 e. The Kier molecular flexibility index (Phi) is 7.14. The molecule has 0 heterocycles. The lowest BCUT2D eigenvalue weighted by Gasteiger charge is -2.22. The van der Waals surface area contributed by atoms with Gasteiger partial charge in [0.2, 0.25) is 0 Å². The van der Waals surface area contributed by atoms with Gasteiger partial charge in [-0.05, 0) is 70.1 Å². The van der Waals surface area contributed by atoms with Crippen molar-refractivity contribution in [1.29, 1.82) is 0 Å². The van der Waals surface area contributed by atoms with E-state index in [0.717, 1.165) is 5.57 Å². The molecular weight excluding hydrogens is 256 g/mol. The maximum atomic E-state index is 10.9. The second-order valence-corrected chi connectivity index (χ2v) is 6.13. The summed E-state index contributed by atoms with van der Waals surface area (Å²) in [4.78, 5) is 10.9. The van der Waals surface area contributed by atoms with Crippen molar-refractivity contribution in [2.24, 2.45) is 5.92 Å². The molecule has 1 rings (SSSR count). The average molecular weight is 284 g/mol. The van der Waals surface area contributed by atoms with Crippen LogP contribution >= 0.6 is 0 Å². The lowest BCUT2D eigenvalue weighted by Crippen LogP contribution is -2.06. The van der Waals surface area contributed by atoms with E-state index in [1.807, 2.05) is 19.1 Å². The van der Waals surface area contributed by atoms with E-state index < -0.39 is 0 Å². The molecule has 0 bridgehead atoms. The molecule has 0 radical (unpaired) electrons. The van der Waals surface area contributed by atoms with Gasteiger partial charge >= 0.3 is 0 Å². The Morgan fingerprint density at radius 3 is 2.48 bits per heavy atom. The molecule has 0 saturated carbocycles. The van der Waals surface area contributed by atoms with Gasteiger partial charge < -0.3 is 0 Å². The van der Waals surface area contributed by atoms with Crippen LogP contribution in [0.1, 0.15) is 53.9 Å². The molecule has 1 atom stereocenters. The van der Waals surface area contributed by atoms with Crippen LogP contribution in [0.25, 0.3) is 0 Å². The van der Waals surface area contributed by atoms with Crippen molar-refractivity contribution >= 4 is 5.78 Å². The summed E-state index contributed by atoms with van der Waals surface area (Å²) in [6.07, 6.45) is 16.0. The predicted molar refractivity (Wildman–Crippen MR) is 92.2 cm³/mol. The first-order valence-corrected chi connectivity index (χ1v) is 7.81. The van der Waals surface area contributed by atoms with E-state index in [0.29, 0.717) is 5.92 Å². The Bertz CT molecular complexity index is 524. The summed E-state index contributed by atoms with van der Waals surface area (Å²) >= 11 is 0. The molecule has 21 heavy (non-hydrogen) atoms. The molecule has 0 fully saturated rings. The van der Waals surface area contributed by atoms with E-state index in [4.69, 9.17) is 0 Å². The third kappa shape index (κ3) is 6.57. The van der Waals surface area contributed by atoms with Crippen LogP contribution in [0.5, 0.6) is 0 Å². The van der Waals surface area contributed by atoms with Gasteiger partial charge in [-0.15, -0.1) is 0 Å². The first-order valence-electron chi connectivity index (χ1n) is 7.81. The van der Waals surface area contributed by atoms with Gasteiger partial charge in [-0.2, -0.15) is 0 Å². The van der Waals surface area contributed by atoms with Gasteiger partial charge in [0, 0.05) is 0 Å². The van der Waals surface area contributed by atoms with Gasteiger partial charge in [-0.25, -0.2) is 0 Å². The average Bonchev–Trinajstić information content (AvgIpc) is 2.37. The molecule has 0 aromatic carbocycles. The van der Waals surface area contributed by atoms with Crippen molar-refractivity contribution in [2.75, 3.05) is 0 Å². The number of carbonyl (C=O) groups excluding carboxylic acids is 1. The standard InChI is InChI=1S/C20H28O/c1-15(8-6-9-16(2)14-19(5)21)12-13-20-17(3)10-7-11-18(20)4/h6,8-9,12-14,17H,7,10-11H2,1-5H3/b9-6+,13-12+,15-8+,16-14+. The zero-order chi connectivity index (χ0) is 15.8. The molecule has 1 aliphatic rings. The minimum Gasteiger partial charge on any atom is -0.295 e. The number of allylic oxidation sites excluding steroid dienone is 10. The van der Waals surface area contributed by atoms with Crippen molar-refractivity contribution < 1.29 is 4.79 Å². The maximum Gasteiger partial charge on any atom is 0.152 e. The normalized spacial score (nSPS) is 21.7. The second kappa shape index (κ2) is 8.61. The number of carbonyl (C=O) groups is 1. The summed E-state index contributed by atoms with van der Waals surface area (Å²) in [6.45, 7) is 10.2. The summed E-state index contributed by atoms with van der Waals surface area (Å²) in [5.41, 5.74) is 5.24. The predicted octanol–water partition coefficient (Wildman–Crippen LogP) is 5.72. The molecular formula is C20H28O. The molecule has 0 aromatic rings. The van der Waals surface area contributed by atoms with Crippen LogP contribution in [-0.4, -0.2) is 5.78 Å². The van der Waals surface area contributed by atoms with Gasteiger partial charge in [0.25, 0.3) is 0 Å². The van der Waals surface area contributed by atoms with E-state index in [2.05, 4.69) is 39.0 Å². The molecule has 1 heteroatoms. The van der Waals surface area contributed by atoms with Crippen molar-refractivity contribution in [3.8, 4) is 0 Å². The van der Waals surface area contributed by atoms with Crippen molar-refractivity contribution in [3.63, 3.8) is 0 Å². The van der Waals surface area contributed by atoms with Gasteiger partial charge in [-0.3, -0.25) is 4.79 Å². The van der Waals surface area contributed by atoms with E-state index in [1.54, 1.807) is 13.0 Å². The third-order valence-electron chi connectivity index (χ3n) is 3.89. The fraction of sp³-hybridized carbons (Fsp3) is 0.450. The second-order valence-electron chi connectivity index (χ2n) is 6.13. The van der Waals surface area contributed by atoms with Crippen molar-refractivity contribution in [2.45, 2.75) is 53.9 Å². The Morgan fingerprint density at radius 1 is 1.14 bits per heavy atom. The fourth-order valence-electron chi connectivity index (χ4n) is 2.70. The minimum absolute atomic E-state index is 0.0893. The smallest absolute Gasteiger partial charge is 0.152 e. The Morgan fingerprint density at radius 2 is 1.86 bits per heavy atom. The summed E-state index contributed by atoms with van der Waals surface area (Å²) in [5.74, 6) is 0.769. The van der Waals surface area contributed by atoms with Gasteiger partial charge in [0.15, 0.2) is 5.78 Å². The number of rotatable bonds is 5. The molecule has 0 aromatic heterocycles. The highest BCUT2D eigenvalue weighted by Gasteiger charge is 2.14. The Labute approximate surface area is 129 Å². The molecule has 0 spiro atoms. The monoisotopic (exact) mass is 284 g/mol. The molecule has 0 saturated heterocycles. The van der Waals surface area contributed by atoms with Crippen LogP contribution in [0.2, 0.25) is 0 Å². The number of hydrogen-bond donors (Lipinski definition) is 0. The molecule has 1 aliphatic carbocycles. The fourth-order valence-corrected chi connectivity index (χ4v) is 2.70. The molecule has 114 valence electrons. The minimum atomic E-state index is 0.0893.